The summed E-state index contributed by atoms with van der Waals surface area (Å²) in [6.45, 7) is 4.38. The van der Waals surface area contributed by atoms with Crippen LogP contribution in [0.25, 0.3) is 0 Å². The van der Waals surface area contributed by atoms with E-state index in [9.17, 15) is 23.1 Å². The Morgan fingerprint density at radius 1 is 1.18 bits per heavy atom. The van der Waals surface area contributed by atoms with Gasteiger partial charge in [0.05, 0.1) is 6.04 Å². The van der Waals surface area contributed by atoms with Gasteiger partial charge in [-0.3, -0.25) is 9.69 Å². The second kappa shape index (κ2) is 7.17. The molecule has 0 aromatic heterocycles. The van der Waals surface area contributed by atoms with Crippen molar-refractivity contribution in [2.45, 2.75) is 57.3 Å². The summed E-state index contributed by atoms with van der Waals surface area (Å²) in [5.41, 5.74) is 0. The van der Waals surface area contributed by atoms with Crippen LogP contribution in [-0.2, 0) is 4.79 Å². The molecule has 2 atom stereocenters. The van der Waals surface area contributed by atoms with E-state index in [-0.39, 0.29) is 24.8 Å². The molecule has 2 rings (SSSR count). The molecule has 0 radical (unpaired) electrons. The molecule has 4 nitrogen and oxygen atoms in total. The molecule has 2 saturated heterocycles. The van der Waals surface area contributed by atoms with E-state index in [0.29, 0.717) is 13.1 Å². The van der Waals surface area contributed by atoms with Crippen LogP contribution in [0.2, 0.25) is 0 Å². The van der Waals surface area contributed by atoms with Gasteiger partial charge < -0.3 is 10.0 Å². The smallest absolute Gasteiger partial charge is 0.383 e. The molecule has 7 heteroatoms. The number of halogens is 3. The molecule has 128 valence electrons. The minimum absolute atomic E-state index is 0.0431. The van der Waals surface area contributed by atoms with Crippen molar-refractivity contribution in [2.24, 2.45) is 5.92 Å². The Labute approximate surface area is 129 Å². The fourth-order valence-electron chi connectivity index (χ4n) is 3.56. The number of aliphatic hydroxyl groups is 1. The second-order valence-electron chi connectivity index (χ2n) is 6.29. The molecule has 2 aliphatic rings. The predicted octanol–water partition coefficient (Wildman–Crippen LogP) is 2.02. The van der Waals surface area contributed by atoms with Gasteiger partial charge in [0.2, 0.25) is 5.91 Å². The summed E-state index contributed by atoms with van der Waals surface area (Å²) in [6, 6.07) is -0.122. The van der Waals surface area contributed by atoms with Gasteiger partial charge >= 0.3 is 6.18 Å². The van der Waals surface area contributed by atoms with Crippen molar-refractivity contribution in [1.29, 1.82) is 0 Å². The van der Waals surface area contributed by atoms with Crippen LogP contribution in [-0.4, -0.2) is 65.3 Å². The average Bonchev–Trinajstić information content (AvgIpc) is 2.52. The zero-order valence-corrected chi connectivity index (χ0v) is 13.0. The predicted molar refractivity (Wildman–Crippen MR) is 76.3 cm³/mol. The van der Waals surface area contributed by atoms with Gasteiger partial charge in [-0.25, -0.2) is 0 Å². The maximum atomic E-state index is 12.6. The van der Waals surface area contributed by atoms with Gasteiger partial charge in [0.1, 0.15) is 0 Å². The number of amides is 1. The quantitative estimate of drug-likeness (QED) is 0.864. The van der Waals surface area contributed by atoms with E-state index in [2.05, 4.69) is 4.90 Å². The summed E-state index contributed by atoms with van der Waals surface area (Å²) in [4.78, 5) is 16.4. The number of carbonyl (C=O) groups excluding carboxylic acids is 1. The normalized spacial score (nSPS) is 27.0. The van der Waals surface area contributed by atoms with Crippen LogP contribution in [0.4, 0.5) is 13.2 Å². The lowest BCUT2D eigenvalue weighted by molar-refractivity contribution is -0.223. The monoisotopic (exact) mass is 322 g/mol. The van der Waals surface area contributed by atoms with Crippen molar-refractivity contribution in [2.75, 3.05) is 26.2 Å². The second-order valence-corrected chi connectivity index (χ2v) is 6.29. The van der Waals surface area contributed by atoms with Gasteiger partial charge in [-0.2, -0.15) is 13.2 Å². The largest absolute Gasteiger partial charge is 0.414 e. The van der Waals surface area contributed by atoms with E-state index in [1.165, 1.54) is 0 Å². The molecule has 0 saturated carbocycles. The highest BCUT2D eigenvalue weighted by Crippen LogP contribution is 2.32. The number of likely N-dealkylation sites (tertiary alicyclic amines) is 2. The van der Waals surface area contributed by atoms with E-state index in [1.54, 1.807) is 4.90 Å². The van der Waals surface area contributed by atoms with Crippen molar-refractivity contribution in [3.05, 3.63) is 0 Å². The van der Waals surface area contributed by atoms with E-state index in [0.717, 1.165) is 32.4 Å². The van der Waals surface area contributed by atoms with Gasteiger partial charge in [0.25, 0.3) is 0 Å². The summed E-state index contributed by atoms with van der Waals surface area (Å²) >= 11 is 0. The SMILES string of the molecule is CCN1CCCCC1C(=O)N1CCC(C(O)C(F)(F)F)CC1. The van der Waals surface area contributed by atoms with Crippen LogP contribution in [0.5, 0.6) is 0 Å². The minimum Gasteiger partial charge on any atom is -0.383 e. The minimum atomic E-state index is -4.57. The number of piperidine rings is 2. The van der Waals surface area contributed by atoms with Crippen molar-refractivity contribution in [3.63, 3.8) is 0 Å². The molecule has 0 spiro atoms. The third kappa shape index (κ3) is 3.93. The molecule has 2 unspecified atom stereocenters. The van der Waals surface area contributed by atoms with Gasteiger partial charge in [-0.05, 0) is 44.7 Å². The van der Waals surface area contributed by atoms with Crippen molar-refractivity contribution < 1.29 is 23.1 Å². The molecule has 1 N–H and O–H groups in total. The highest BCUT2D eigenvalue weighted by atomic mass is 19.4. The number of alkyl halides is 3. The molecule has 0 aliphatic carbocycles. The highest BCUT2D eigenvalue weighted by molar-refractivity contribution is 5.82. The third-order valence-electron chi connectivity index (χ3n) is 4.94. The van der Waals surface area contributed by atoms with E-state index >= 15 is 0 Å². The number of nitrogens with zero attached hydrogens (tertiary/aromatic N) is 2. The van der Waals surface area contributed by atoms with E-state index in [1.807, 2.05) is 6.92 Å². The molecule has 2 heterocycles. The number of hydrogen-bond donors (Lipinski definition) is 1. The Balaban J connectivity index is 1.89. The lowest BCUT2D eigenvalue weighted by Gasteiger charge is -2.40. The van der Waals surface area contributed by atoms with Gasteiger partial charge in [0.15, 0.2) is 6.10 Å². The Morgan fingerprint density at radius 3 is 2.36 bits per heavy atom. The van der Waals surface area contributed by atoms with Crippen LogP contribution in [0.3, 0.4) is 0 Å². The number of aliphatic hydroxyl groups excluding tert-OH is 1. The maximum absolute atomic E-state index is 12.6. The first kappa shape index (κ1) is 17.5. The molecular formula is C15H25F3N2O2. The Kier molecular flexibility index (Phi) is 5.71. The van der Waals surface area contributed by atoms with E-state index in [4.69, 9.17) is 0 Å². The molecule has 2 aliphatic heterocycles. The number of hydrogen-bond acceptors (Lipinski definition) is 3. The Bertz CT molecular complexity index is 381. The summed E-state index contributed by atoms with van der Waals surface area (Å²) in [7, 11) is 0. The lowest BCUT2D eigenvalue weighted by atomic mass is 9.90. The fourth-order valence-corrected chi connectivity index (χ4v) is 3.56. The van der Waals surface area contributed by atoms with Crippen LogP contribution in [0, 0.1) is 5.92 Å². The van der Waals surface area contributed by atoms with Crippen molar-refractivity contribution in [1.82, 2.24) is 9.80 Å². The first-order valence-electron chi connectivity index (χ1n) is 8.12. The van der Waals surface area contributed by atoms with Gasteiger partial charge in [-0.15, -0.1) is 0 Å². The Hall–Kier alpha value is -0.820. The van der Waals surface area contributed by atoms with Crippen molar-refractivity contribution in [3.8, 4) is 0 Å². The summed E-state index contributed by atoms with van der Waals surface area (Å²) in [5, 5.41) is 9.33. The molecule has 0 aromatic rings. The summed E-state index contributed by atoms with van der Waals surface area (Å²) in [6.07, 6.45) is -3.46. The molecule has 1 amide bonds. The summed E-state index contributed by atoms with van der Waals surface area (Å²) < 4.78 is 37.6. The van der Waals surface area contributed by atoms with Crippen molar-refractivity contribution >= 4 is 5.91 Å². The topological polar surface area (TPSA) is 43.8 Å². The number of rotatable bonds is 3. The van der Waals surface area contributed by atoms with Crippen LogP contribution in [0.1, 0.15) is 39.0 Å². The van der Waals surface area contributed by atoms with Crippen LogP contribution < -0.4 is 0 Å². The first-order valence-corrected chi connectivity index (χ1v) is 8.12. The van der Waals surface area contributed by atoms with Gasteiger partial charge in [-0.1, -0.05) is 13.3 Å². The zero-order chi connectivity index (χ0) is 16.3. The van der Waals surface area contributed by atoms with Crippen LogP contribution >= 0.6 is 0 Å². The molecule has 22 heavy (non-hydrogen) atoms. The van der Waals surface area contributed by atoms with E-state index < -0.39 is 18.2 Å². The molecule has 2 fully saturated rings. The molecule has 0 bridgehead atoms. The Morgan fingerprint density at radius 2 is 1.82 bits per heavy atom. The molecule has 0 aromatic carbocycles. The third-order valence-corrected chi connectivity index (χ3v) is 4.94. The standard InChI is InChI=1S/C15H25F3N2O2/c1-2-19-8-4-3-5-12(19)14(22)20-9-6-11(7-10-20)13(21)15(16,17)18/h11-13,21H,2-10H2,1H3. The van der Waals surface area contributed by atoms with Gasteiger partial charge in [0, 0.05) is 13.1 Å². The lowest BCUT2D eigenvalue weighted by Crippen LogP contribution is -2.53. The number of carbonyl (C=O) groups is 1. The number of likely N-dealkylation sites (N-methyl/N-ethyl adjacent to an activating group) is 1. The molecular weight excluding hydrogens is 297 g/mol. The van der Waals surface area contributed by atoms with Crippen LogP contribution in [0.15, 0.2) is 0 Å². The summed E-state index contributed by atoms with van der Waals surface area (Å²) in [5.74, 6) is -0.751. The maximum Gasteiger partial charge on any atom is 0.414 e. The first-order chi connectivity index (χ1) is 10.3. The fraction of sp³-hybridized carbons (Fsp3) is 0.933. The average molecular weight is 322 g/mol. The zero-order valence-electron chi connectivity index (χ0n) is 13.0. The highest BCUT2D eigenvalue weighted by Gasteiger charge is 2.45.